The monoisotopic (exact) mass is 354 g/mol. The highest BCUT2D eigenvalue weighted by Crippen LogP contribution is 2.50. The molecule has 4 fully saturated rings. The summed E-state index contributed by atoms with van der Waals surface area (Å²) >= 11 is 0. The Kier molecular flexibility index (Phi) is 5.63. The van der Waals surface area contributed by atoms with E-state index in [1.165, 1.54) is 63.5 Å². The molecule has 2 saturated carbocycles. The molecule has 2 aliphatic heterocycles. The maximum Gasteiger partial charge on any atom is 0.220 e. The smallest absolute Gasteiger partial charge is 0.220 e. The summed E-state index contributed by atoms with van der Waals surface area (Å²) in [6.45, 7) is 3.07. The van der Waals surface area contributed by atoms with E-state index >= 15 is 0 Å². The number of hydrogen-bond donors (Lipinski definition) is 1. The normalized spacial score (nSPS) is 28.7. The average molecular weight is 355 g/mol. The summed E-state index contributed by atoms with van der Waals surface area (Å²) in [5.74, 6) is 2.01. The third-order valence-corrected chi connectivity index (χ3v) is 7.06. The summed E-state index contributed by atoms with van der Waals surface area (Å²) in [5, 5.41) is 3.28. The van der Waals surface area contributed by atoms with Crippen molar-refractivity contribution in [2.75, 3.05) is 13.1 Å². The van der Waals surface area contributed by atoms with Crippen molar-refractivity contribution in [1.29, 1.82) is 0 Å². The van der Waals surface area contributed by atoms with E-state index in [-0.39, 0.29) is 11.4 Å². The number of hydrogen-bond acceptors (Lipinski definition) is 2. The second-order valence-electron chi connectivity index (χ2n) is 9.04. The largest absolute Gasteiger partial charge is 0.354 e. The van der Waals surface area contributed by atoms with Gasteiger partial charge in [0, 0.05) is 31.6 Å². The van der Waals surface area contributed by atoms with Crippen LogP contribution in [0.25, 0.3) is 0 Å². The van der Waals surface area contributed by atoms with Crippen LogP contribution in [0.3, 0.4) is 0 Å². The fourth-order valence-corrected chi connectivity index (χ4v) is 5.58. The van der Waals surface area contributed by atoms with Gasteiger partial charge >= 0.3 is 0 Å². The van der Waals surface area contributed by atoms with Gasteiger partial charge in [0.25, 0.3) is 0 Å². The van der Waals surface area contributed by atoms with Crippen LogP contribution in [0.15, 0.2) is 30.3 Å². The van der Waals surface area contributed by atoms with Crippen LogP contribution < -0.4 is 5.32 Å². The van der Waals surface area contributed by atoms with Gasteiger partial charge in [-0.05, 0) is 43.1 Å². The number of fused-ring (bicyclic) bond motifs is 1. The predicted molar refractivity (Wildman–Crippen MR) is 106 cm³/mol. The summed E-state index contributed by atoms with van der Waals surface area (Å²) in [5.41, 5.74) is 1.62. The fraction of sp³-hybridized carbons (Fsp3) is 0.696. The van der Waals surface area contributed by atoms with Gasteiger partial charge in [-0.1, -0.05) is 62.4 Å². The van der Waals surface area contributed by atoms with E-state index in [1.807, 2.05) is 0 Å². The number of carbonyl (C=O) groups is 1. The number of benzene rings is 1. The Morgan fingerprint density at radius 1 is 1.12 bits per heavy atom. The minimum absolute atomic E-state index is 0.236. The lowest BCUT2D eigenvalue weighted by molar-refractivity contribution is -0.122. The van der Waals surface area contributed by atoms with E-state index in [2.05, 4.69) is 40.5 Å². The highest BCUT2D eigenvalue weighted by atomic mass is 16.1. The summed E-state index contributed by atoms with van der Waals surface area (Å²) in [4.78, 5) is 15.0. The van der Waals surface area contributed by atoms with E-state index in [0.717, 1.165) is 31.3 Å². The molecule has 2 bridgehead atoms. The number of rotatable bonds is 8. The molecule has 2 saturated heterocycles. The molecule has 0 radical (unpaired) electrons. The minimum atomic E-state index is 0.236. The van der Waals surface area contributed by atoms with Crippen LogP contribution >= 0.6 is 0 Å². The predicted octanol–water partition coefficient (Wildman–Crippen LogP) is 4.52. The van der Waals surface area contributed by atoms with Gasteiger partial charge in [-0.15, -0.1) is 0 Å². The Bertz CT molecular complexity index is 587. The van der Waals surface area contributed by atoms with Crippen molar-refractivity contribution in [3.63, 3.8) is 0 Å². The molecule has 3 nitrogen and oxygen atoms in total. The molecule has 0 unspecified atom stereocenters. The molecule has 26 heavy (non-hydrogen) atoms. The Morgan fingerprint density at radius 2 is 1.88 bits per heavy atom. The molecular formula is C23H34N2O. The van der Waals surface area contributed by atoms with Crippen molar-refractivity contribution in [3.05, 3.63) is 35.9 Å². The Labute approximate surface area is 158 Å². The quantitative estimate of drug-likeness (QED) is 0.744. The number of nitrogens with one attached hydrogen (secondary N) is 1. The first-order valence-corrected chi connectivity index (χ1v) is 10.8. The van der Waals surface area contributed by atoms with Gasteiger partial charge in [-0.25, -0.2) is 0 Å². The first-order chi connectivity index (χ1) is 12.7. The van der Waals surface area contributed by atoms with Crippen LogP contribution in [0.1, 0.15) is 69.8 Å². The van der Waals surface area contributed by atoms with Gasteiger partial charge in [-0.3, -0.25) is 9.69 Å². The Balaban J connectivity index is 1.20. The second-order valence-corrected chi connectivity index (χ2v) is 9.04. The highest BCUT2D eigenvalue weighted by molar-refractivity contribution is 5.75. The maximum absolute atomic E-state index is 12.3. The molecule has 3 heteroatoms. The van der Waals surface area contributed by atoms with Gasteiger partial charge in [0.2, 0.25) is 5.91 Å². The SMILES string of the molecule is O=C(CCCC1CCCCC1)NCC12CC(CN1Cc1ccccc1)C2. The van der Waals surface area contributed by atoms with Crippen molar-refractivity contribution < 1.29 is 4.79 Å². The summed E-state index contributed by atoms with van der Waals surface area (Å²) in [6.07, 6.45) is 12.6. The van der Waals surface area contributed by atoms with Crippen LogP contribution in [0.2, 0.25) is 0 Å². The zero-order valence-corrected chi connectivity index (χ0v) is 16.1. The van der Waals surface area contributed by atoms with E-state index in [9.17, 15) is 4.79 Å². The lowest BCUT2D eigenvalue weighted by Gasteiger charge is -2.42. The molecule has 1 N–H and O–H groups in total. The molecule has 5 rings (SSSR count). The molecule has 142 valence electrons. The summed E-state index contributed by atoms with van der Waals surface area (Å²) < 4.78 is 0. The number of amides is 1. The van der Waals surface area contributed by atoms with Crippen LogP contribution in [0.4, 0.5) is 0 Å². The van der Waals surface area contributed by atoms with Crippen molar-refractivity contribution in [2.24, 2.45) is 11.8 Å². The molecule has 0 atom stereocenters. The molecule has 2 heterocycles. The second kappa shape index (κ2) is 8.12. The standard InChI is InChI=1S/C23H34N2O/c26-22(13-7-12-19-8-3-1-4-9-19)24-18-23-14-21(15-23)17-25(23)16-20-10-5-2-6-11-20/h2,5-6,10-11,19,21H,1,3-4,7-9,12-18H2,(H,24,26). The van der Waals surface area contributed by atoms with Crippen molar-refractivity contribution in [3.8, 4) is 0 Å². The van der Waals surface area contributed by atoms with E-state index in [0.29, 0.717) is 6.42 Å². The van der Waals surface area contributed by atoms with Gasteiger partial charge < -0.3 is 5.32 Å². The third-order valence-electron chi connectivity index (χ3n) is 7.06. The van der Waals surface area contributed by atoms with Crippen LogP contribution in [-0.2, 0) is 11.3 Å². The zero-order valence-electron chi connectivity index (χ0n) is 16.1. The number of nitrogens with zero attached hydrogens (tertiary/aromatic N) is 1. The molecule has 0 aromatic heterocycles. The topological polar surface area (TPSA) is 32.3 Å². The van der Waals surface area contributed by atoms with E-state index in [1.54, 1.807) is 0 Å². The molecular weight excluding hydrogens is 320 g/mol. The molecule has 0 spiro atoms. The Morgan fingerprint density at radius 3 is 2.65 bits per heavy atom. The van der Waals surface area contributed by atoms with Crippen LogP contribution in [-0.4, -0.2) is 29.4 Å². The molecule has 1 aromatic rings. The third kappa shape index (κ3) is 4.14. The first kappa shape index (κ1) is 18.0. The maximum atomic E-state index is 12.3. The molecule has 1 amide bonds. The minimum Gasteiger partial charge on any atom is -0.354 e. The van der Waals surface area contributed by atoms with Crippen molar-refractivity contribution in [2.45, 2.75) is 76.3 Å². The van der Waals surface area contributed by atoms with E-state index in [4.69, 9.17) is 0 Å². The molecule has 4 aliphatic rings. The fourth-order valence-electron chi connectivity index (χ4n) is 5.58. The average Bonchev–Trinajstić information content (AvgIpc) is 3.15. The summed E-state index contributed by atoms with van der Waals surface area (Å²) in [6, 6.07) is 10.8. The first-order valence-electron chi connectivity index (χ1n) is 10.8. The Hall–Kier alpha value is -1.35. The lowest BCUT2D eigenvalue weighted by atomic mass is 9.73. The van der Waals surface area contributed by atoms with Gasteiger partial charge in [0.05, 0.1) is 0 Å². The zero-order chi connectivity index (χ0) is 17.8. The van der Waals surface area contributed by atoms with Gasteiger partial charge in [0.15, 0.2) is 0 Å². The molecule has 1 aromatic carbocycles. The van der Waals surface area contributed by atoms with Gasteiger partial charge in [0.1, 0.15) is 0 Å². The van der Waals surface area contributed by atoms with E-state index < -0.39 is 0 Å². The van der Waals surface area contributed by atoms with Gasteiger partial charge in [-0.2, -0.15) is 0 Å². The van der Waals surface area contributed by atoms with Crippen molar-refractivity contribution >= 4 is 5.91 Å². The molecule has 2 aliphatic carbocycles. The van der Waals surface area contributed by atoms with Crippen molar-refractivity contribution in [1.82, 2.24) is 10.2 Å². The highest BCUT2D eigenvalue weighted by Gasteiger charge is 2.55. The lowest BCUT2D eigenvalue weighted by Crippen LogP contribution is -2.53. The van der Waals surface area contributed by atoms with Crippen LogP contribution in [0.5, 0.6) is 0 Å². The summed E-state index contributed by atoms with van der Waals surface area (Å²) in [7, 11) is 0. The number of carbonyl (C=O) groups excluding carboxylic acids is 1. The van der Waals surface area contributed by atoms with Crippen LogP contribution in [0, 0.1) is 11.8 Å².